The average Bonchev–Trinajstić information content (AvgIpc) is 2.77. The topological polar surface area (TPSA) is 29.0 Å². The molecule has 1 aromatic heterocycles. The summed E-state index contributed by atoms with van der Waals surface area (Å²) >= 11 is 1.76. The molecule has 1 saturated carbocycles. The van der Waals surface area contributed by atoms with Gasteiger partial charge in [0.2, 0.25) is 0 Å². The molecule has 0 saturated heterocycles. The minimum Gasteiger partial charge on any atom is -0.296 e. The Labute approximate surface area is 108 Å². The van der Waals surface area contributed by atoms with E-state index in [1.54, 1.807) is 11.3 Å². The maximum atomic E-state index is 4.27. The first-order valence-electron chi connectivity index (χ1n) is 6.72. The third-order valence-electron chi connectivity index (χ3n) is 3.83. The summed E-state index contributed by atoms with van der Waals surface area (Å²) in [6.07, 6.45) is 6.52. The van der Waals surface area contributed by atoms with Gasteiger partial charge in [-0.2, -0.15) is 0 Å². The van der Waals surface area contributed by atoms with Crippen LogP contribution in [0.25, 0.3) is 0 Å². The van der Waals surface area contributed by atoms with Gasteiger partial charge in [-0.3, -0.25) is 4.90 Å². The van der Waals surface area contributed by atoms with Gasteiger partial charge in [0.15, 0.2) is 0 Å². The second-order valence-corrected chi connectivity index (χ2v) is 6.33. The van der Waals surface area contributed by atoms with E-state index in [2.05, 4.69) is 36.0 Å². The molecule has 2 rings (SSSR count). The fourth-order valence-corrected chi connectivity index (χ4v) is 3.63. The van der Waals surface area contributed by atoms with Crippen LogP contribution in [-0.4, -0.2) is 28.2 Å². The molecule has 0 radical (unpaired) electrons. The summed E-state index contributed by atoms with van der Waals surface area (Å²) < 4.78 is 0. The Balaban J connectivity index is 1.93. The lowest BCUT2D eigenvalue weighted by atomic mass is 9.85. The lowest BCUT2D eigenvalue weighted by Gasteiger charge is -2.35. The highest BCUT2D eigenvalue weighted by molar-refractivity contribution is 7.11. The van der Waals surface area contributed by atoms with Crippen molar-refractivity contribution in [2.24, 2.45) is 5.92 Å². The van der Waals surface area contributed by atoms with Crippen LogP contribution in [0.15, 0.2) is 0 Å². The Bertz CT molecular complexity index is 350. The van der Waals surface area contributed by atoms with Crippen LogP contribution in [-0.2, 0) is 13.0 Å². The van der Waals surface area contributed by atoms with E-state index in [0.717, 1.165) is 29.9 Å². The molecular weight excluding hydrogens is 230 g/mol. The number of hydrogen-bond acceptors (Lipinski definition) is 4. The largest absolute Gasteiger partial charge is 0.296 e. The van der Waals surface area contributed by atoms with Crippen LogP contribution in [0.3, 0.4) is 0 Å². The molecule has 17 heavy (non-hydrogen) atoms. The Morgan fingerprint density at radius 3 is 2.59 bits per heavy atom. The van der Waals surface area contributed by atoms with E-state index < -0.39 is 0 Å². The second-order valence-electron chi connectivity index (χ2n) is 5.19. The van der Waals surface area contributed by atoms with Gasteiger partial charge in [-0.1, -0.05) is 26.7 Å². The minimum atomic E-state index is 0.734. The molecule has 1 heterocycles. The van der Waals surface area contributed by atoms with Crippen LogP contribution in [0.4, 0.5) is 0 Å². The van der Waals surface area contributed by atoms with Gasteiger partial charge < -0.3 is 0 Å². The third kappa shape index (κ3) is 3.26. The maximum absolute atomic E-state index is 4.27. The van der Waals surface area contributed by atoms with Crippen molar-refractivity contribution in [3.63, 3.8) is 0 Å². The molecule has 0 unspecified atom stereocenters. The smallest absolute Gasteiger partial charge is 0.131 e. The Hall–Kier alpha value is -0.480. The quantitative estimate of drug-likeness (QED) is 0.825. The Kier molecular flexibility index (Phi) is 4.51. The van der Waals surface area contributed by atoms with Gasteiger partial charge in [0.05, 0.1) is 6.54 Å². The number of hydrogen-bond donors (Lipinski definition) is 0. The summed E-state index contributed by atoms with van der Waals surface area (Å²) in [4.78, 5) is 2.48. The van der Waals surface area contributed by atoms with Gasteiger partial charge in [-0.25, -0.2) is 0 Å². The highest BCUT2D eigenvalue weighted by Crippen LogP contribution is 2.28. The van der Waals surface area contributed by atoms with Crippen molar-refractivity contribution in [2.75, 3.05) is 7.05 Å². The molecule has 0 spiro atoms. The predicted molar refractivity (Wildman–Crippen MR) is 72.2 cm³/mol. The summed E-state index contributed by atoms with van der Waals surface area (Å²) in [6, 6.07) is 0.734. The van der Waals surface area contributed by atoms with Crippen LogP contribution in [0.5, 0.6) is 0 Å². The molecule has 1 aliphatic rings. The number of aromatic nitrogens is 2. The average molecular weight is 253 g/mol. The summed E-state index contributed by atoms with van der Waals surface area (Å²) in [5.41, 5.74) is 0. The van der Waals surface area contributed by atoms with Gasteiger partial charge in [0.1, 0.15) is 10.0 Å². The molecule has 96 valence electrons. The first kappa shape index (κ1) is 13.0. The number of rotatable bonds is 4. The molecular formula is C13H23N3S. The molecule has 3 nitrogen and oxygen atoms in total. The van der Waals surface area contributed by atoms with Crippen LogP contribution >= 0.6 is 11.3 Å². The van der Waals surface area contributed by atoms with Crippen molar-refractivity contribution in [2.45, 2.75) is 58.5 Å². The summed E-state index contributed by atoms with van der Waals surface area (Å²) in [5, 5.41) is 10.8. The van der Waals surface area contributed by atoms with Crippen LogP contribution in [0.1, 0.15) is 49.5 Å². The summed E-state index contributed by atoms with van der Waals surface area (Å²) in [5.74, 6) is 0.826. The zero-order valence-electron chi connectivity index (χ0n) is 11.1. The molecule has 1 fully saturated rings. The van der Waals surface area contributed by atoms with E-state index >= 15 is 0 Å². The van der Waals surface area contributed by atoms with Gasteiger partial charge in [-0.15, -0.1) is 21.5 Å². The van der Waals surface area contributed by atoms with E-state index in [9.17, 15) is 0 Å². The first-order chi connectivity index (χ1) is 8.20. The highest BCUT2D eigenvalue weighted by atomic mass is 32.1. The summed E-state index contributed by atoms with van der Waals surface area (Å²) in [7, 11) is 2.24. The number of nitrogens with zero attached hydrogens (tertiary/aromatic N) is 3. The molecule has 1 aromatic rings. The standard InChI is InChI=1S/C13H23N3S/c1-4-12-14-15-13(17-12)9-16(3)11-8-6-5-7-10(11)2/h10-11H,4-9H2,1-3H3/t10-,11-/m0/s1. The molecule has 2 atom stereocenters. The van der Waals surface area contributed by atoms with Crippen molar-refractivity contribution in [1.29, 1.82) is 0 Å². The van der Waals surface area contributed by atoms with Crippen molar-refractivity contribution in [3.05, 3.63) is 10.0 Å². The second kappa shape index (κ2) is 5.91. The molecule has 1 aliphatic carbocycles. The van der Waals surface area contributed by atoms with Crippen LogP contribution in [0.2, 0.25) is 0 Å². The van der Waals surface area contributed by atoms with E-state index in [0.29, 0.717) is 0 Å². The van der Waals surface area contributed by atoms with Crippen molar-refractivity contribution >= 4 is 11.3 Å². The Morgan fingerprint density at radius 2 is 1.94 bits per heavy atom. The summed E-state index contributed by atoms with van der Waals surface area (Å²) in [6.45, 7) is 5.49. The van der Waals surface area contributed by atoms with E-state index in [1.165, 1.54) is 30.7 Å². The fraction of sp³-hybridized carbons (Fsp3) is 0.846. The Morgan fingerprint density at radius 1 is 1.24 bits per heavy atom. The van der Waals surface area contributed by atoms with Gasteiger partial charge >= 0.3 is 0 Å². The minimum absolute atomic E-state index is 0.734. The van der Waals surface area contributed by atoms with Crippen molar-refractivity contribution in [3.8, 4) is 0 Å². The molecule has 0 amide bonds. The van der Waals surface area contributed by atoms with Crippen molar-refractivity contribution < 1.29 is 0 Å². The molecule has 0 aromatic carbocycles. The highest BCUT2D eigenvalue weighted by Gasteiger charge is 2.25. The monoisotopic (exact) mass is 253 g/mol. The zero-order valence-corrected chi connectivity index (χ0v) is 12.0. The van der Waals surface area contributed by atoms with Gasteiger partial charge in [0, 0.05) is 6.04 Å². The maximum Gasteiger partial charge on any atom is 0.131 e. The van der Waals surface area contributed by atoms with E-state index in [4.69, 9.17) is 0 Å². The first-order valence-corrected chi connectivity index (χ1v) is 7.53. The van der Waals surface area contributed by atoms with Crippen LogP contribution in [0, 0.1) is 5.92 Å². The third-order valence-corrected chi connectivity index (χ3v) is 4.88. The molecule has 0 N–H and O–H groups in total. The van der Waals surface area contributed by atoms with Crippen LogP contribution < -0.4 is 0 Å². The SMILES string of the molecule is CCc1nnc(CN(C)[C@H]2CCCC[C@@H]2C)s1. The lowest BCUT2D eigenvalue weighted by molar-refractivity contribution is 0.133. The molecule has 4 heteroatoms. The zero-order chi connectivity index (χ0) is 12.3. The lowest BCUT2D eigenvalue weighted by Crippen LogP contribution is -2.38. The van der Waals surface area contributed by atoms with E-state index in [-0.39, 0.29) is 0 Å². The van der Waals surface area contributed by atoms with E-state index in [1.807, 2.05) is 0 Å². The normalized spacial score (nSPS) is 25.4. The van der Waals surface area contributed by atoms with Gasteiger partial charge in [-0.05, 0) is 32.2 Å². The van der Waals surface area contributed by atoms with Gasteiger partial charge in [0.25, 0.3) is 0 Å². The predicted octanol–water partition coefficient (Wildman–Crippen LogP) is 3.11. The number of aryl methyl sites for hydroxylation is 1. The molecule has 0 bridgehead atoms. The molecule has 0 aliphatic heterocycles. The van der Waals surface area contributed by atoms with Crippen molar-refractivity contribution in [1.82, 2.24) is 15.1 Å². The fourth-order valence-electron chi connectivity index (χ4n) is 2.78.